The van der Waals surface area contributed by atoms with Gasteiger partial charge in [-0.05, 0) is 73.7 Å². The molecule has 0 saturated heterocycles. The van der Waals surface area contributed by atoms with E-state index in [1.807, 2.05) is 0 Å². The van der Waals surface area contributed by atoms with Crippen LogP contribution in [-0.4, -0.2) is 33.3 Å². The minimum Gasteiger partial charge on any atom is -0.465 e. The van der Waals surface area contributed by atoms with E-state index in [1.165, 1.54) is 80.8 Å². The molecule has 0 radical (unpaired) electrons. The SMILES string of the molecule is COC(=O)c1c(C)oc2ccc(N(C(=O)c3ccc(Cl)cc3)S(=O)(=O)c3ccc(NC(C)=O)cc3)cc12. The zero-order chi connectivity index (χ0) is 26.9. The number of esters is 1. The normalized spacial score (nSPS) is 11.2. The van der Waals surface area contributed by atoms with E-state index in [9.17, 15) is 22.8 Å². The molecule has 0 unspecified atom stereocenters. The number of carbonyl (C=O) groups is 3. The molecule has 4 aromatic rings. The average Bonchev–Trinajstić information content (AvgIpc) is 3.19. The van der Waals surface area contributed by atoms with Crippen LogP contribution in [0.3, 0.4) is 0 Å². The molecule has 0 spiro atoms. The zero-order valence-corrected chi connectivity index (χ0v) is 21.5. The van der Waals surface area contributed by atoms with Crippen LogP contribution in [0.1, 0.15) is 33.4 Å². The molecule has 37 heavy (non-hydrogen) atoms. The second-order valence-electron chi connectivity index (χ2n) is 7.99. The summed E-state index contributed by atoms with van der Waals surface area (Å²) in [5.74, 6) is -1.55. The number of furan rings is 1. The van der Waals surface area contributed by atoms with Gasteiger partial charge in [0.05, 0.1) is 17.7 Å². The van der Waals surface area contributed by atoms with Gasteiger partial charge >= 0.3 is 5.97 Å². The molecule has 9 nitrogen and oxygen atoms in total. The molecule has 0 atom stereocenters. The summed E-state index contributed by atoms with van der Waals surface area (Å²) in [4.78, 5) is 37.2. The summed E-state index contributed by atoms with van der Waals surface area (Å²) < 4.78 is 38.8. The van der Waals surface area contributed by atoms with E-state index in [2.05, 4.69) is 5.32 Å². The lowest BCUT2D eigenvalue weighted by Gasteiger charge is -2.23. The first-order chi connectivity index (χ1) is 17.5. The molecule has 1 N–H and O–H groups in total. The Bertz CT molecular complexity index is 1630. The van der Waals surface area contributed by atoms with Crippen molar-refractivity contribution in [2.75, 3.05) is 16.7 Å². The van der Waals surface area contributed by atoms with Gasteiger partial charge in [-0.25, -0.2) is 13.2 Å². The smallest absolute Gasteiger partial charge is 0.342 e. The van der Waals surface area contributed by atoms with E-state index in [-0.39, 0.29) is 38.8 Å². The number of amides is 2. The Hall–Kier alpha value is -4.15. The van der Waals surface area contributed by atoms with Crippen LogP contribution in [0.5, 0.6) is 0 Å². The van der Waals surface area contributed by atoms with Gasteiger partial charge in [-0.3, -0.25) is 9.59 Å². The molecule has 1 heterocycles. The summed E-state index contributed by atoms with van der Waals surface area (Å²) in [6.07, 6.45) is 0. The fraction of sp³-hybridized carbons (Fsp3) is 0.115. The molecule has 0 saturated carbocycles. The van der Waals surface area contributed by atoms with Gasteiger partial charge in [0.2, 0.25) is 5.91 Å². The summed E-state index contributed by atoms with van der Waals surface area (Å²) in [6, 6.07) is 15.4. The summed E-state index contributed by atoms with van der Waals surface area (Å²) in [6.45, 7) is 2.91. The number of halogens is 1. The molecule has 0 aliphatic rings. The molecule has 190 valence electrons. The molecule has 3 aromatic carbocycles. The molecular formula is C26H21ClN2O7S. The lowest BCUT2D eigenvalue weighted by atomic mass is 10.1. The van der Waals surface area contributed by atoms with E-state index in [0.717, 1.165) is 0 Å². The number of anilines is 2. The third-order valence-corrected chi connectivity index (χ3v) is 7.44. The number of nitrogens with one attached hydrogen (secondary N) is 1. The Morgan fingerprint density at radius 2 is 1.62 bits per heavy atom. The zero-order valence-electron chi connectivity index (χ0n) is 19.9. The van der Waals surface area contributed by atoms with E-state index in [0.29, 0.717) is 20.6 Å². The first kappa shape index (κ1) is 25.9. The molecule has 1 aromatic heterocycles. The average molecular weight is 541 g/mol. The molecule has 2 amide bonds. The lowest BCUT2D eigenvalue weighted by Crippen LogP contribution is -2.37. The van der Waals surface area contributed by atoms with Crippen molar-refractivity contribution >= 4 is 61.8 Å². The van der Waals surface area contributed by atoms with Crippen LogP contribution >= 0.6 is 11.6 Å². The van der Waals surface area contributed by atoms with Crippen LogP contribution in [0.15, 0.2) is 76.0 Å². The Kier molecular flexibility index (Phi) is 7.06. The largest absolute Gasteiger partial charge is 0.465 e. The number of benzene rings is 3. The highest BCUT2D eigenvalue weighted by Gasteiger charge is 2.33. The van der Waals surface area contributed by atoms with Gasteiger partial charge in [0.1, 0.15) is 16.9 Å². The molecular weight excluding hydrogens is 520 g/mol. The van der Waals surface area contributed by atoms with Crippen molar-refractivity contribution in [2.45, 2.75) is 18.7 Å². The molecule has 0 bridgehead atoms. The Balaban J connectivity index is 1.90. The van der Waals surface area contributed by atoms with Gasteiger partial charge < -0.3 is 14.5 Å². The summed E-state index contributed by atoms with van der Waals surface area (Å²) >= 11 is 5.95. The van der Waals surface area contributed by atoms with Gasteiger partial charge in [-0.1, -0.05) is 11.6 Å². The highest BCUT2D eigenvalue weighted by atomic mass is 35.5. The Labute approximate surface area is 217 Å². The molecule has 0 fully saturated rings. The Morgan fingerprint density at radius 1 is 0.973 bits per heavy atom. The fourth-order valence-corrected chi connectivity index (χ4v) is 5.32. The van der Waals surface area contributed by atoms with Gasteiger partial charge in [0.15, 0.2) is 0 Å². The topological polar surface area (TPSA) is 123 Å². The number of sulfonamides is 1. The third kappa shape index (κ3) is 5.07. The number of fused-ring (bicyclic) bond motifs is 1. The number of ether oxygens (including phenoxy) is 1. The lowest BCUT2D eigenvalue weighted by molar-refractivity contribution is -0.114. The summed E-state index contributed by atoms with van der Waals surface area (Å²) in [5.41, 5.74) is 0.872. The predicted octanol–water partition coefficient (Wildman–Crippen LogP) is 5.18. The second kappa shape index (κ2) is 10.1. The number of hydrogen-bond acceptors (Lipinski definition) is 7. The number of nitrogens with zero attached hydrogens (tertiary/aromatic N) is 1. The van der Waals surface area contributed by atoms with Crippen LogP contribution in [0, 0.1) is 6.92 Å². The van der Waals surface area contributed by atoms with Crippen molar-refractivity contribution in [3.05, 3.63) is 88.6 Å². The molecule has 4 rings (SSSR count). The monoisotopic (exact) mass is 540 g/mol. The van der Waals surface area contributed by atoms with Gasteiger partial charge in [0, 0.05) is 28.6 Å². The van der Waals surface area contributed by atoms with Crippen molar-refractivity contribution in [3.63, 3.8) is 0 Å². The van der Waals surface area contributed by atoms with Crippen molar-refractivity contribution in [3.8, 4) is 0 Å². The van der Waals surface area contributed by atoms with Gasteiger partial charge in [0.25, 0.3) is 15.9 Å². The molecule has 11 heteroatoms. The number of aryl methyl sites for hydroxylation is 1. The van der Waals surface area contributed by atoms with Crippen molar-refractivity contribution < 1.29 is 32.0 Å². The quantitative estimate of drug-likeness (QED) is 0.334. The Morgan fingerprint density at radius 3 is 2.22 bits per heavy atom. The number of carbonyl (C=O) groups excluding carboxylic acids is 3. The van der Waals surface area contributed by atoms with Crippen LogP contribution in [0.4, 0.5) is 11.4 Å². The minimum atomic E-state index is -4.47. The highest BCUT2D eigenvalue weighted by molar-refractivity contribution is 7.93. The summed E-state index contributed by atoms with van der Waals surface area (Å²) in [5, 5.41) is 3.22. The molecule has 0 aliphatic carbocycles. The van der Waals surface area contributed by atoms with E-state index >= 15 is 0 Å². The minimum absolute atomic E-state index is 0.0238. The van der Waals surface area contributed by atoms with Crippen molar-refractivity contribution in [1.82, 2.24) is 0 Å². The van der Waals surface area contributed by atoms with E-state index < -0.39 is 21.9 Å². The summed E-state index contributed by atoms with van der Waals surface area (Å²) in [7, 11) is -3.25. The van der Waals surface area contributed by atoms with Crippen LogP contribution in [0.2, 0.25) is 5.02 Å². The maximum Gasteiger partial charge on any atom is 0.342 e. The van der Waals surface area contributed by atoms with Gasteiger partial charge in [-0.15, -0.1) is 0 Å². The van der Waals surface area contributed by atoms with Gasteiger partial charge in [-0.2, -0.15) is 4.31 Å². The standard InChI is InChI=1S/C26H21ClN2O7S/c1-15-24(26(32)35-3)22-14-20(10-13-23(22)36-15)29(25(31)17-4-6-18(27)7-5-17)37(33,34)21-11-8-19(9-12-21)28-16(2)30/h4-14H,1-3H3,(H,28,30). The first-order valence-electron chi connectivity index (χ1n) is 10.9. The van der Waals surface area contributed by atoms with Crippen LogP contribution in [-0.2, 0) is 19.6 Å². The first-order valence-corrected chi connectivity index (χ1v) is 12.7. The highest BCUT2D eigenvalue weighted by Crippen LogP contribution is 2.33. The van der Waals surface area contributed by atoms with E-state index in [1.54, 1.807) is 6.92 Å². The van der Waals surface area contributed by atoms with E-state index in [4.69, 9.17) is 20.8 Å². The number of hydrogen-bond donors (Lipinski definition) is 1. The maximum absolute atomic E-state index is 13.8. The fourth-order valence-electron chi connectivity index (χ4n) is 3.78. The second-order valence-corrected chi connectivity index (χ2v) is 10.2. The molecule has 0 aliphatic heterocycles. The van der Waals surface area contributed by atoms with Crippen LogP contribution < -0.4 is 9.62 Å². The van der Waals surface area contributed by atoms with Crippen LogP contribution in [0.25, 0.3) is 11.0 Å². The number of methoxy groups -OCH3 is 1. The number of rotatable bonds is 6. The third-order valence-electron chi connectivity index (χ3n) is 5.46. The van der Waals surface area contributed by atoms with Crippen molar-refractivity contribution in [1.29, 1.82) is 0 Å². The predicted molar refractivity (Wildman–Crippen MR) is 138 cm³/mol. The van der Waals surface area contributed by atoms with Crippen molar-refractivity contribution in [2.24, 2.45) is 0 Å². The maximum atomic E-state index is 13.8.